The molecule has 3 rings (SSSR count). The van der Waals surface area contributed by atoms with E-state index in [1.807, 2.05) is 13.0 Å². The topological polar surface area (TPSA) is 79.5 Å². The first-order valence-electron chi connectivity index (χ1n) is 8.53. The molecule has 1 saturated heterocycles. The van der Waals surface area contributed by atoms with Crippen molar-refractivity contribution in [2.45, 2.75) is 44.2 Å². The van der Waals surface area contributed by atoms with Crippen LogP contribution in [0.25, 0.3) is 0 Å². The first-order valence-corrected chi connectivity index (χ1v) is 8.53. The van der Waals surface area contributed by atoms with Crippen LogP contribution in [0.4, 0.5) is 5.69 Å². The van der Waals surface area contributed by atoms with E-state index in [0.29, 0.717) is 30.1 Å². The summed E-state index contributed by atoms with van der Waals surface area (Å²) in [5, 5.41) is 9.17. The average molecular weight is 368 g/mol. The third-order valence-electron chi connectivity index (χ3n) is 4.88. The second kappa shape index (κ2) is 8.17. The molecule has 1 aromatic carbocycles. The Kier molecular flexibility index (Phi) is 6.43. The first-order chi connectivity index (χ1) is 11.5. The highest BCUT2D eigenvalue weighted by molar-refractivity contribution is 6.00. The Morgan fingerprint density at radius 2 is 1.92 bits per heavy atom. The number of methoxy groups -OCH3 is 1. The SMILES string of the molecule is COC1(C(=O)Nc2cc(C(=O)NC3CC3)ccc2C)CCNCC1.Cl. The van der Waals surface area contributed by atoms with Crippen molar-refractivity contribution in [1.82, 2.24) is 10.6 Å². The van der Waals surface area contributed by atoms with Crippen LogP contribution in [0.5, 0.6) is 0 Å². The van der Waals surface area contributed by atoms with Crippen LogP contribution in [0.15, 0.2) is 18.2 Å². The van der Waals surface area contributed by atoms with Gasteiger partial charge in [-0.1, -0.05) is 6.07 Å². The predicted octanol–water partition coefficient (Wildman–Crippen LogP) is 2.02. The smallest absolute Gasteiger partial charge is 0.256 e. The van der Waals surface area contributed by atoms with Gasteiger partial charge in [0.05, 0.1) is 0 Å². The molecule has 138 valence electrons. The maximum atomic E-state index is 12.8. The Bertz CT molecular complexity index is 640. The van der Waals surface area contributed by atoms with Crippen LogP contribution in [0.3, 0.4) is 0 Å². The molecule has 0 unspecified atom stereocenters. The van der Waals surface area contributed by atoms with Gasteiger partial charge in [-0.2, -0.15) is 0 Å². The van der Waals surface area contributed by atoms with Crippen molar-refractivity contribution in [3.8, 4) is 0 Å². The van der Waals surface area contributed by atoms with Crippen LogP contribution in [-0.2, 0) is 9.53 Å². The largest absolute Gasteiger partial charge is 0.368 e. The van der Waals surface area contributed by atoms with E-state index in [9.17, 15) is 9.59 Å². The van der Waals surface area contributed by atoms with Crippen LogP contribution in [0, 0.1) is 6.92 Å². The summed E-state index contributed by atoms with van der Waals surface area (Å²) in [4.78, 5) is 25.0. The van der Waals surface area contributed by atoms with Crippen LogP contribution in [-0.4, -0.2) is 43.7 Å². The summed E-state index contributed by atoms with van der Waals surface area (Å²) < 4.78 is 5.56. The predicted molar refractivity (Wildman–Crippen MR) is 99.4 cm³/mol. The molecule has 7 heteroatoms. The Morgan fingerprint density at radius 1 is 1.24 bits per heavy atom. The summed E-state index contributed by atoms with van der Waals surface area (Å²) in [6.07, 6.45) is 3.36. The minimum absolute atomic E-state index is 0. The summed E-state index contributed by atoms with van der Waals surface area (Å²) in [5.41, 5.74) is 1.36. The number of nitrogens with one attached hydrogen (secondary N) is 3. The molecule has 25 heavy (non-hydrogen) atoms. The number of benzene rings is 1. The lowest BCUT2D eigenvalue weighted by molar-refractivity contribution is -0.140. The van der Waals surface area contributed by atoms with Crippen molar-refractivity contribution >= 4 is 29.9 Å². The molecular formula is C18H26ClN3O3. The monoisotopic (exact) mass is 367 g/mol. The van der Waals surface area contributed by atoms with Gasteiger partial charge in [-0.3, -0.25) is 9.59 Å². The van der Waals surface area contributed by atoms with Crippen molar-refractivity contribution < 1.29 is 14.3 Å². The van der Waals surface area contributed by atoms with Gasteiger partial charge in [-0.15, -0.1) is 12.4 Å². The van der Waals surface area contributed by atoms with Crippen molar-refractivity contribution in [1.29, 1.82) is 0 Å². The van der Waals surface area contributed by atoms with E-state index in [0.717, 1.165) is 31.5 Å². The van der Waals surface area contributed by atoms with Crippen molar-refractivity contribution in [2.75, 3.05) is 25.5 Å². The number of hydrogen-bond donors (Lipinski definition) is 3. The summed E-state index contributed by atoms with van der Waals surface area (Å²) in [6.45, 7) is 3.42. The molecule has 6 nitrogen and oxygen atoms in total. The summed E-state index contributed by atoms with van der Waals surface area (Å²) in [5.74, 6) is -0.231. The number of carbonyl (C=O) groups is 2. The fourth-order valence-electron chi connectivity index (χ4n) is 2.99. The molecule has 0 radical (unpaired) electrons. The van der Waals surface area contributed by atoms with Crippen molar-refractivity contribution in [3.63, 3.8) is 0 Å². The molecular weight excluding hydrogens is 342 g/mol. The quantitative estimate of drug-likeness (QED) is 0.743. The number of aryl methyl sites for hydroxylation is 1. The van der Waals surface area contributed by atoms with Gasteiger partial charge < -0.3 is 20.7 Å². The zero-order valence-electron chi connectivity index (χ0n) is 14.7. The molecule has 0 bridgehead atoms. The number of rotatable bonds is 5. The van der Waals surface area contributed by atoms with Gasteiger partial charge in [0.25, 0.3) is 11.8 Å². The van der Waals surface area contributed by atoms with Crippen LogP contribution >= 0.6 is 12.4 Å². The van der Waals surface area contributed by atoms with Gasteiger partial charge in [-0.05, 0) is 63.4 Å². The maximum Gasteiger partial charge on any atom is 0.256 e. The van der Waals surface area contributed by atoms with E-state index in [4.69, 9.17) is 4.74 Å². The zero-order chi connectivity index (χ0) is 17.2. The first kappa shape index (κ1) is 19.7. The van der Waals surface area contributed by atoms with E-state index in [1.165, 1.54) is 0 Å². The van der Waals surface area contributed by atoms with E-state index in [1.54, 1.807) is 19.2 Å². The minimum Gasteiger partial charge on any atom is -0.368 e. The molecule has 1 aromatic rings. The average Bonchev–Trinajstić information content (AvgIpc) is 3.41. The van der Waals surface area contributed by atoms with Crippen LogP contribution in [0.1, 0.15) is 41.6 Å². The highest BCUT2D eigenvalue weighted by Crippen LogP contribution is 2.26. The Hall–Kier alpha value is -1.63. The Labute approximate surface area is 154 Å². The second-order valence-electron chi connectivity index (χ2n) is 6.68. The third kappa shape index (κ3) is 4.51. The van der Waals surface area contributed by atoms with Crippen LogP contribution < -0.4 is 16.0 Å². The zero-order valence-corrected chi connectivity index (χ0v) is 15.5. The van der Waals surface area contributed by atoms with Gasteiger partial charge in [0.2, 0.25) is 0 Å². The molecule has 2 amide bonds. The number of anilines is 1. The molecule has 0 spiro atoms. The third-order valence-corrected chi connectivity index (χ3v) is 4.88. The van der Waals surface area contributed by atoms with Crippen LogP contribution in [0.2, 0.25) is 0 Å². The normalized spacial score (nSPS) is 18.8. The number of hydrogen-bond acceptors (Lipinski definition) is 4. The fraction of sp³-hybridized carbons (Fsp3) is 0.556. The van der Waals surface area contributed by atoms with E-state index in [2.05, 4.69) is 16.0 Å². The molecule has 3 N–H and O–H groups in total. The van der Waals surface area contributed by atoms with Gasteiger partial charge in [0, 0.05) is 24.4 Å². The summed E-state index contributed by atoms with van der Waals surface area (Å²) >= 11 is 0. The number of amides is 2. The standard InChI is InChI=1S/C18H25N3O3.ClH/c1-12-3-4-13(16(22)20-14-5-6-14)11-15(12)21-17(23)18(24-2)7-9-19-10-8-18;/h3-4,11,14,19H,5-10H2,1-2H3,(H,20,22)(H,21,23);1H. The van der Waals surface area contributed by atoms with E-state index >= 15 is 0 Å². The molecule has 1 aliphatic carbocycles. The fourth-order valence-corrected chi connectivity index (χ4v) is 2.99. The molecule has 0 atom stereocenters. The lowest BCUT2D eigenvalue weighted by Gasteiger charge is -2.34. The molecule has 0 aromatic heterocycles. The second-order valence-corrected chi connectivity index (χ2v) is 6.68. The molecule has 1 aliphatic heterocycles. The summed E-state index contributed by atoms with van der Waals surface area (Å²) in [7, 11) is 1.58. The van der Waals surface area contributed by atoms with Crippen molar-refractivity contribution in [3.05, 3.63) is 29.3 Å². The minimum atomic E-state index is -0.802. The van der Waals surface area contributed by atoms with Gasteiger partial charge in [0.15, 0.2) is 0 Å². The molecule has 2 aliphatic rings. The number of halogens is 1. The molecule has 1 heterocycles. The van der Waals surface area contributed by atoms with Gasteiger partial charge in [0.1, 0.15) is 5.60 Å². The Balaban J connectivity index is 0.00000225. The highest BCUT2D eigenvalue weighted by atomic mass is 35.5. The van der Waals surface area contributed by atoms with Crippen molar-refractivity contribution in [2.24, 2.45) is 0 Å². The van der Waals surface area contributed by atoms with Gasteiger partial charge in [-0.25, -0.2) is 0 Å². The lowest BCUT2D eigenvalue weighted by atomic mass is 9.91. The molecule has 1 saturated carbocycles. The summed E-state index contributed by atoms with van der Waals surface area (Å²) in [6, 6.07) is 5.71. The van der Waals surface area contributed by atoms with E-state index in [-0.39, 0.29) is 24.2 Å². The Morgan fingerprint density at radius 3 is 2.52 bits per heavy atom. The van der Waals surface area contributed by atoms with Gasteiger partial charge >= 0.3 is 0 Å². The maximum absolute atomic E-state index is 12.8. The number of carbonyl (C=O) groups excluding carboxylic acids is 2. The number of ether oxygens (including phenoxy) is 1. The lowest BCUT2D eigenvalue weighted by Crippen LogP contribution is -2.51. The number of piperidine rings is 1. The molecule has 2 fully saturated rings. The highest BCUT2D eigenvalue weighted by Gasteiger charge is 2.39. The van der Waals surface area contributed by atoms with E-state index < -0.39 is 5.60 Å².